The molecule has 7 heteroatoms. The lowest BCUT2D eigenvalue weighted by Crippen LogP contribution is -2.27. The molecule has 0 saturated carbocycles. The Morgan fingerprint density at radius 2 is 1.78 bits per heavy atom. The zero-order valence-corrected chi connectivity index (χ0v) is 16.0. The average molecular weight is 400 g/mol. The van der Waals surface area contributed by atoms with Crippen molar-refractivity contribution in [2.24, 2.45) is 0 Å². The number of carbonyl (C=O) groups excluding carboxylic acids is 2. The van der Waals surface area contributed by atoms with Gasteiger partial charge in [0.1, 0.15) is 0 Å². The molecule has 0 aliphatic rings. The molecule has 27 heavy (non-hydrogen) atoms. The Kier molecular flexibility index (Phi) is 6.57. The third kappa shape index (κ3) is 5.64. The van der Waals surface area contributed by atoms with Gasteiger partial charge in [-0.3, -0.25) is 9.59 Å². The van der Waals surface area contributed by atoms with Crippen molar-refractivity contribution in [2.75, 3.05) is 11.9 Å². The fourth-order valence-electron chi connectivity index (χ4n) is 2.46. The minimum absolute atomic E-state index is 0.157. The summed E-state index contributed by atoms with van der Waals surface area (Å²) in [4.78, 5) is 29.4. The molecule has 2 N–H and O–H groups in total. The highest BCUT2D eigenvalue weighted by Gasteiger charge is 2.11. The molecule has 2 aromatic carbocycles. The molecule has 1 aromatic heterocycles. The summed E-state index contributed by atoms with van der Waals surface area (Å²) in [6, 6.07) is 16.9. The van der Waals surface area contributed by atoms with Crippen LogP contribution in [0.5, 0.6) is 0 Å². The summed E-state index contributed by atoms with van der Waals surface area (Å²) in [6.45, 7) is 0.220. The van der Waals surface area contributed by atoms with Crippen molar-refractivity contribution in [2.45, 2.75) is 12.8 Å². The molecule has 2 amide bonds. The van der Waals surface area contributed by atoms with Crippen LogP contribution in [0.15, 0.2) is 60.8 Å². The molecule has 0 aliphatic heterocycles. The summed E-state index contributed by atoms with van der Waals surface area (Å²) >= 11 is 7.43. The molecule has 3 rings (SSSR count). The second kappa shape index (κ2) is 9.30. The summed E-state index contributed by atoms with van der Waals surface area (Å²) in [5.41, 5.74) is 1.59. The third-order valence-corrected chi connectivity index (χ3v) is 5.02. The van der Waals surface area contributed by atoms with Gasteiger partial charge in [-0.25, -0.2) is 4.98 Å². The van der Waals surface area contributed by atoms with Gasteiger partial charge in [-0.2, -0.15) is 0 Å². The van der Waals surface area contributed by atoms with Crippen LogP contribution in [0.4, 0.5) is 5.13 Å². The molecule has 138 valence electrons. The van der Waals surface area contributed by atoms with Gasteiger partial charge in [0.25, 0.3) is 5.91 Å². The Balaban J connectivity index is 1.44. The molecule has 0 unspecified atom stereocenters. The van der Waals surface area contributed by atoms with Crippen molar-refractivity contribution >= 4 is 39.9 Å². The van der Waals surface area contributed by atoms with Crippen LogP contribution in [0.2, 0.25) is 5.02 Å². The van der Waals surface area contributed by atoms with E-state index in [-0.39, 0.29) is 24.8 Å². The van der Waals surface area contributed by atoms with Crippen LogP contribution in [0.25, 0.3) is 0 Å². The van der Waals surface area contributed by atoms with Crippen LogP contribution >= 0.6 is 22.9 Å². The van der Waals surface area contributed by atoms with E-state index in [9.17, 15) is 9.59 Å². The molecule has 3 aromatic rings. The van der Waals surface area contributed by atoms with E-state index in [0.717, 1.165) is 11.3 Å². The van der Waals surface area contributed by atoms with Crippen molar-refractivity contribution in [1.82, 2.24) is 10.3 Å². The van der Waals surface area contributed by atoms with Crippen molar-refractivity contribution in [1.29, 1.82) is 0 Å². The molecule has 0 aliphatic carbocycles. The molecule has 0 fully saturated rings. The van der Waals surface area contributed by atoms with E-state index in [4.69, 9.17) is 11.6 Å². The Morgan fingerprint density at radius 1 is 1.04 bits per heavy atom. The molecular weight excluding hydrogens is 382 g/mol. The Hall–Kier alpha value is -2.70. The predicted octanol–water partition coefficient (Wildman–Crippen LogP) is 4.15. The second-order valence-electron chi connectivity index (χ2n) is 5.83. The van der Waals surface area contributed by atoms with Crippen LogP contribution in [-0.4, -0.2) is 23.3 Å². The van der Waals surface area contributed by atoms with Gasteiger partial charge in [0.15, 0.2) is 5.13 Å². The second-order valence-corrected chi connectivity index (χ2v) is 7.35. The van der Waals surface area contributed by atoms with Crippen LogP contribution in [-0.2, 0) is 11.2 Å². The zero-order chi connectivity index (χ0) is 19.1. The maximum Gasteiger partial charge on any atom is 0.252 e. The fraction of sp³-hybridized carbons (Fsp3) is 0.150. The van der Waals surface area contributed by atoms with E-state index in [1.165, 1.54) is 16.9 Å². The van der Waals surface area contributed by atoms with Gasteiger partial charge in [0.05, 0.1) is 10.6 Å². The van der Waals surface area contributed by atoms with Crippen LogP contribution < -0.4 is 10.6 Å². The number of rotatable bonds is 7. The normalized spacial score (nSPS) is 10.4. The van der Waals surface area contributed by atoms with Gasteiger partial charge in [-0.1, -0.05) is 54.1 Å². The lowest BCUT2D eigenvalue weighted by molar-refractivity contribution is -0.116. The van der Waals surface area contributed by atoms with Gasteiger partial charge in [0, 0.05) is 30.5 Å². The van der Waals surface area contributed by atoms with E-state index >= 15 is 0 Å². The SMILES string of the molecule is O=C(CCNC(=O)c1ccccc1Cl)Nc1ncc(Cc2ccccc2)s1. The largest absolute Gasteiger partial charge is 0.351 e. The smallest absolute Gasteiger partial charge is 0.252 e. The van der Waals surface area contributed by atoms with Gasteiger partial charge < -0.3 is 10.6 Å². The van der Waals surface area contributed by atoms with Crippen LogP contribution in [0.3, 0.4) is 0 Å². The Bertz CT molecular complexity index is 928. The van der Waals surface area contributed by atoms with Gasteiger partial charge in [-0.05, 0) is 17.7 Å². The average Bonchev–Trinajstić information content (AvgIpc) is 3.09. The van der Waals surface area contributed by atoms with E-state index in [1.807, 2.05) is 18.2 Å². The number of anilines is 1. The highest BCUT2D eigenvalue weighted by atomic mass is 35.5. The van der Waals surface area contributed by atoms with E-state index in [0.29, 0.717) is 15.7 Å². The molecule has 0 spiro atoms. The Morgan fingerprint density at radius 3 is 2.56 bits per heavy atom. The third-order valence-electron chi connectivity index (χ3n) is 3.78. The Labute approximate surface area is 166 Å². The lowest BCUT2D eigenvalue weighted by atomic mass is 10.1. The first-order valence-electron chi connectivity index (χ1n) is 8.43. The van der Waals surface area contributed by atoms with Crippen LogP contribution in [0, 0.1) is 0 Å². The summed E-state index contributed by atoms with van der Waals surface area (Å²) in [6.07, 6.45) is 2.71. The molecule has 0 atom stereocenters. The molecule has 0 saturated heterocycles. The topological polar surface area (TPSA) is 71.1 Å². The quantitative estimate of drug-likeness (QED) is 0.627. The van der Waals surface area contributed by atoms with Crippen LogP contribution in [0.1, 0.15) is 27.2 Å². The van der Waals surface area contributed by atoms with Crippen molar-refractivity contribution < 1.29 is 9.59 Å². The van der Waals surface area contributed by atoms with Crippen molar-refractivity contribution in [3.05, 3.63) is 81.8 Å². The minimum Gasteiger partial charge on any atom is -0.351 e. The van der Waals surface area contributed by atoms with Crippen molar-refractivity contribution in [3.8, 4) is 0 Å². The standard InChI is InChI=1S/C20H18ClN3O2S/c21-17-9-5-4-8-16(17)19(26)22-11-10-18(25)24-20-23-13-15(27-20)12-14-6-2-1-3-7-14/h1-9,13H,10-12H2,(H,22,26)(H,23,24,25). The maximum absolute atomic E-state index is 12.0. The highest BCUT2D eigenvalue weighted by molar-refractivity contribution is 7.15. The number of hydrogen-bond acceptors (Lipinski definition) is 4. The first-order valence-corrected chi connectivity index (χ1v) is 9.62. The number of nitrogens with one attached hydrogen (secondary N) is 2. The van der Waals surface area contributed by atoms with Gasteiger partial charge >= 0.3 is 0 Å². The number of halogens is 1. The minimum atomic E-state index is -0.298. The predicted molar refractivity (Wildman–Crippen MR) is 108 cm³/mol. The van der Waals surface area contributed by atoms with Gasteiger partial charge in [0.2, 0.25) is 5.91 Å². The number of hydrogen-bond donors (Lipinski definition) is 2. The summed E-state index contributed by atoms with van der Waals surface area (Å²) in [5.74, 6) is -0.497. The zero-order valence-electron chi connectivity index (χ0n) is 14.4. The summed E-state index contributed by atoms with van der Waals surface area (Å²) < 4.78 is 0. The number of benzene rings is 2. The summed E-state index contributed by atoms with van der Waals surface area (Å²) in [5, 5.41) is 6.40. The number of aromatic nitrogens is 1. The summed E-state index contributed by atoms with van der Waals surface area (Å²) in [7, 11) is 0. The number of nitrogens with zero attached hydrogens (tertiary/aromatic N) is 1. The number of carbonyl (C=O) groups is 2. The monoisotopic (exact) mass is 399 g/mol. The lowest BCUT2D eigenvalue weighted by Gasteiger charge is -2.06. The molecule has 0 bridgehead atoms. The number of amides is 2. The first-order chi connectivity index (χ1) is 13.1. The first kappa shape index (κ1) is 19.1. The van der Waals surface area contributed by atoms with Gasteiger partial charge in [-0.15, -0.1) is 11.3 Å². The fourth-order valence-corrected chi connectivity index (χ4v) is 3.54. The molecule has 0 radical (unpaired) electrons. The molecular formula is C20H18ClN3O2S. The maximum atomic E-state index is 12.0. The van der Waals surface area contributed by atoms with Crippen molar-refractivity contribution in [3.63, 3.8) is 0 Å². The number of thiazole rings is 1. The van der Waals surface area contributed by atoms with E-state index in [2.05, 4.69) is 27.8 Å². The molecule has 1 heterocycles. The molecule has 5 nitrogen and oxygen atoms in total. The van der Waals surface area contributed by atoms with E-state index < -0.39 is 0 Å². The van der Waals surface area contributed by atoms with E-state index in [1.54, 1.807) is 30.5 Å². The highest BCUT2D eigenvalue weighted by Crippen LogP contribution is 2.21.